The summed E-state index contributed by atoms with van der Waals surface area (Å²) in [4.78, 5) is 27.9. The number of hydrogen-bond acceptors (Lipinski definition) is 3. The third kappa shape index (κ3) is 2.53. The molecule has 2 amide bonds. The van der Waals surface area contributed by atoms with E-state index in [9.17, 15) is 14.0 Å². The molecule has 3 heterocycles. The molecule has 1 atom stereocenters. The van der Waals surface area contributed by atoms with E-state index in [-0.39, 0.29) is 18.2 Å². The Bertz CT molecular complexity index is 802. The minimum atomic E-state index is -0.602. The smallest absolute Gasteiger partial charge is 0.231 e. The van der Waals surface area contributed by atoms with E-state index >= 15 is 0 Å². The highest BCUT2D eigenvalue weighted by Gasteiger charge is 2.35. The lowest BCUT2D eigenvalue weighted by Gasteiger charge is -2.33. The number of amides is 2. The second kappa shape index (κ2) is 5.45. The molecule has 1 aromatic heterocycles. The quantitative estimate of drug-likeness (QED) is 0.874. The number of thiophene rings is 1. The van der Waals surface area contributed by atoms with Crippen LogP contribution in [0.3, 0.4) is 0 Å². The zero-order valence-corrected chi connectivity index (χ0v) is 13.2. The molecule has 6 heteroatoms. The lowest BCUT2D eigenvalue weighted by molar-refractivity contribution is -0.135. The lowest BCUT2D eigenvalue weighted by Crippen LogP contribution is -2.41. The monoisotopic (exact) mass is 330 g/mol. The van der Waals surface area contributed by atoms with Crippen LogP contribution < -0.4 is 5.32 Å². The molecule has 0 bridgehead atoms. The Hall–Kier alpha value is -2.21. The molecule has 1 unspecified atom stereocenters. The molecule has 23 heavy (non-hydrogen) atoms. The molecule has 4 nitrogen and oxygen atoms in total. The van der Waals surface area contributed by atoms with E-state index in [1.807, 2.05) is 11.4 Å². The Morgan fingerprint density at radius 2 is 2.22 bits per heavy atom. The van der Waals surface area contributed by atoms with Gasteiger partial charge in [0, 0.05) is 30.1 Å². The van der Waals surface area contributed by atoms with Crippen LogP contribution >= 0.6 is 11.3 Å². The van der Waals surface area contributed by atoms with E-state index in [2.05, 4.69) is 5.32 Å². The number of carbonyl (C=O) groups is 2. The fraction of sp³-hybridized carbons (Fsp3) is 0.294. The van der Waals surface area contributed by atoms with Crippen LogP contribution in [0.15, 0.2) is 29.6 Å². The summed E-state index contributed by atoms with van der Waals surface area (Å²) in [6.45, 7) is 1.22. The highest BCUT2D eigenvalue weighted by atomic mass is 32.1. The largest absolute Gasteiger partial charge is 0.337 e. The Balaban J connectivity index is 1.64. The van der Waals surface area contributed by atoms with Gasteiger partial charge in [-0.2, -0.15) is 0 Å². The Morgan fingerprint density at radius 3 is 3.09 bits per heavy atom. The Labute approximate surface area is 136 Å². The average molecular weight is 330 g/mol. The summed E-state index contributed by atoms with van der Waals surface area (Å²) in [5.41, 5.74) is 2.29. The Kier molecular flexibility index (Phi) is 3.41. The summed E-state index contributed by atoms with van der Waals surface area (Å²) in [7, 11) is 0. The van der Waals surface area contributed by atoms with Gasteiger partial charge in [0.2, 0.25) is 11.8 Å². The standard InChI is InChI=1S/C17H15FN2O2S/c18-11-1-2-14-12(7-11)13(8-16(21)19-14)17(22)20-5-3-15-10(9-20)4-6-23-15/h1-2,4,6-7,13H,3,5,8-9H2,(H,19,21). The first-order chi connectivity index (χ1) is 11.1. The van der Waals surface area contributed by atoms with Crippen molar-refractivity contribution in [2.75, 3.05) is 11.9 Å². The summed E-state index contributed by atoms with van der Waals surface area (Å²) in [6.07, 6.45) is 0.913. The van der Waals surface area contributed by atoms with Gasteiger partial charge < -0.3 is 10.2 Å². The van der Waals surface area contributed by atoms with Crippen molar-refractivity contribution >= 4 is 28.8 Å². The Morgan fingerprint density at radius 1 is 1.35 bits per heavy atom. The predicted octanol–water partition coefficient (Wildman–Crippen LogP) is 2.90. The van der Waals surface area contributed by atoms with E-state index in [1.165, 1.54) is 28.6 Å². The van der Waals surface area contributed by atoms with Gasteiger partial charge in [-0.25, -0.2) is 4.39 Å². The van der Waals surface area contributed by atoms with Crippen molar-refractivity contribution in [1.29, 1.82) is 0 Å². The van der Waals surface area contributed by atoms with Crippen LogP contribution in [-0.2, 0) is 22.6 Å². The van der Waals surface area contributed by atoms with Gasteiger partial charge >= 0.3 is 0 Å². The fourth-order valence-corrected chi connectivity index (χ4v) is 4.20. The molecule has 0 saturated heterocycles. The van der Waals surface area contributed by atoms with Crippen molar-refractivity contribution in [3.05, 3.63) is 51.5 Å². The number of carbonyl (C=O) groups excluding carboxylic acids is 2. The first-order valence-electron chi connectivity index (χ1n) is 7.55. The number of anilines is 1. The zero-order valence-electron chi connectivity index (χ0n) is 12.3. The molecule has 2 aromatic rings. The summed E-state index contributed by atoms with van der Waals surface area (Å²) in [5, 5.41) is 4.75. The normalized spacial score (nSPS) is 19.8. The number of benzene rings is 1. The number of rotatable bonds is 1. The third-order valence-electron chi connectivity index (χ3n) is 4.47. The van der Waals surface area contributed by atoms with Gasteiger partial charge in [-0.15, -0.1) is 11.3 Å². The van der Waals surface area contributed by atoms with Gasteiger partial charge in [-0.1, -0.05) is 0 Å². The maximum absolute atomic E-state index is 13.6. The van der Waals surface area contributed by atoms with E-state index in [1.54, 1.807) is 16.2 Å². The highest BCUT2D eigenvalue weighted by molar-refractivity contribution is 7.10. The first kappa shape index (κ1) is 14.4. The number of nitrogens with one attached hydrogen (secondary N) is 1. The molecule has 0 spiro atoms. The van der Waals surface area contributed by atoms with Crippen molar-refractivity contribution in [3.63, 3.8) is 0 Å². The van der Waals surface area contributed by atoms with Gasteiger partial charge in [0.15, 0.2) is 0 Å². The average Bonchev–Trinajstić information content (AvgIpc) is 3.01. The van der Waals surface area contributed by atoms with Crippen molar-refractivity contribution in [1.82, 2.24) is 4.90 Å². The molecule has 4 rings (SSSR count). The molecular formula is C17H15FN2O2S. The maximum Gasteiger partial charge on any atom is 0.231 e. The topological polar surface area (TPSA) is 49.4 Å². The summed E-state index contributed by atoms with van der Waals surface area (Å²) in [6, 6.07) is 6.22. The number of nitrogens with zero attached hydrogens (tertiary/aromatic N) is 1. The van der Waals surface area contributed by atoms with E-state index in [0.29, 0.717) is 24.3 Å². The van der Waals surface area contributed by atoms with Crippen LogP contribution in [-0.4, -0.2) is 23.3 Å². The molecule has 0 saturated carbocycles. The van der Waals surface area contributed by atoms with E-state index < -0.39 is 11.7 Å². The van der Waals surface area contributed by atoms with Gasteiger partial charge in [0.25, 0.3) is 0 Å². The molecular weight excluding hydrogens is 315 g/mol. The van der Waals surface area contributed by atoms with Crippen molar-refractivity contribution in [2.24, 2.45) is 0 Å². The molecule has 2 aliphatic heterocycles. The van der Waals surface area contributed by atoms with Crippen LogP contribution in [0.25, 0.3) is 0 Å². The summed E-state index contributed by atoms with van der Waals surface area (Å²) < 4.78 is 13.6. The molecule has 2 aliphatic rings. The van der Waals surface area contributed by atoms with Gasteiger partial charge in [0.1, 0.15) is 5.82 Å². The van der Waals surface area contributed by atoms with Crippen LogP contribution in [0.4, 0.5) is 10.1 Å². The van der Waals surface area contributed by atoms with Crippen LogP contribution in [0, 0.1) is 5.82 Å². The first-order valence-corrected chi connectivity index (χ1v) is 8.43. The van der Waals surface area contributed by atoms with Crippen molar-refractivity contribution in [3.8, 4) is 0 Å². The number of halogens is 1. The summed E-state index contributed by atoms with van der Waals surface area (Å²) in [5.74, 6) is -1.29. The van der Waals surface area contributed by atoms with Crippen molar-refractivity contribution < 1.29 is 14.0 Å². The minimum Gasteiger partial charge on any atom is -0.337 e. The van der Waals surface area contributed by atoms with Crippen LogP contribution in [0.5, 0.6) is 0 Å². The maximum atomic E-state index is 13.6. The van der Waals surface area contributed by atoms with Gasteiger partial charge in [-0.3, -0.25) is 9.59 Å². The zero-order chi connectivity index (χ0) is 16.0. The second-order valence-electron chi connectivity index (χ2n) is 5.92. The van der Waals surface area contributed by atoms with Gasteiger partial charge in [-0.05, 0) is 47.2 Å². The minimum absolute atomic E-state index is 0.0717. The number of fused-ring (bicyclic) bond motifs is 2. The highest BCUT2D eigenvalue weighted by Crippen LogP contribution is 2.35. The second-order valence-corrected chi connectivity index (χ2v) is 6.92. The molecule has 118 valence electrons. The van der Waals surface area contributed by atoms with Crippen molar-refractivity contribution in [2.45, 2.75) is 25.3 Å². The lowest BCUT2D eigenvalue weighted by atomic mass is 9.88. The molecule has 1 aromatic carbocycles. The predicted molar refractivity (Wildman–Crippen MR) is 85.8 cm³/mol. The third-order valence-corrected chi connectivity index (χ3v) is 5.49. The SMILES string of the molecule is O=C1CC(C(=O)N2CCc3sccc3C2)c2cc(F)ccc2N1. The molecule has 0 aliphatic carbocycles. The summed E-state index contributed by atoms with van der Waals surface area (Å²) >= 11 is 1.71. The van der Waals surface area contributed by atoms with E-state index in [4.69, 9.17) is 0 Å². The fourth-order valence-electron chi connectivity index (χ4n) is 3.31. The molecule has 0 radical (unpaired) electrons. The van der Waals surface area contributed by atoms with E-state index in [0.717, 1.165) is 6.42 Å². The number of hydrogen-bond donors (Lipinski definition) is 1. The molecule has 0 fully saturated rings. The van der Waals surface area contributed by atoms with Gasteiger partial charge in [0.05, 0.1) is 5.92 Å². The van der Waals surface area contributed by atoms with Crippen LogP contribution in [0.2, 0.25) is 0 Å². The van der Waals surface area contributed by atoms with Crippen LogP contribution in [0.1, 0.15) is 28.3 Å². The molecule has 1 N–H and O–H groups in total.